The maximum absolute atomic E-state index is 14.4. The van der Waals surface area contributed by atoms with Crippen molar-refractivity contribution in [2.24, 2.45) is 4.99 Å². The number of nitrogens with zero attached hydrogens (tertiary/aromatic N) is 3. The van der Waals surface area contributed by atoms with Crippen molar-refractivity contribution in [3.05, 3.63) is 86.1 Å². The van der Waals surface area contributed by atoms with Gasteiger partial charge in [-0.25, -0.2) is 19.0 Å². The summed E-state index contributed by atoms with van der Waals surface area (Å²) in [6, 6.07) is 9.42. The molecule has 0 amide bonds. The Kier molecular flexibility index (Phi) is 4.32. The Morgan fingerprint density at radius 3 is 2.81 bits per heavy atom. The van der Waals surface area contributed by atoms with Crippen LogP contribution < -0.4 is 0 Å². The van der Waals surface area contributed by atoms with Crippen molar-refractivity contribution in [2.45, 2.75) is 5.75 Å². The third kappa shape index (κ3) is 2.73. The minimum absolute atomic E-state index is 0.0245. The molecule has 3 heterocycles. The quantitative estimate of drug-likeness (QED) is 0.371. The van der Waals surface area contributed by atoms with Crippen molar-refractivity contribution < 1.29 is 14.1 Å². The van der Waals surface area contributed by atoms with E-state index in [1.165, 1.54) is 12.1 Å². The molecule has 4 rings (SSSR count). The van der Waals surface area contributed by atoms with Gasteiger partial charge in [0.05, 0.1) is 11.6 Å². The molecule has 2 aromatic rings. The lowest BCUT2D eigenvalue weighted by atomic mass is 10.1. The molecular formula is C18H14ClFN3O2S+. The molecule has 0 saturated carbocycles. The van der Waals surface area contributed by atoms with Crippen LogP contribution in [0.2, 0.25) is 5.15 Å². The molecule has 132 valence electrons. The number of fused-ring (bicyclic) bond motifs is 1. The van der Waals surface area contributed by atoms with Gasteiger partial charge in [0, 0.05) is 18.0 Å². The van der Waals surface area contributed by atoms with Crippen molar-refractivity contribution >= 4 is 34.4 Å². The molecule has 0 radical (unpaired) electrons. The summed E-state index contributed by atoms with van der Waals surface area (Å²) in [5, 5.41) is 25.2. The minimum atomic E-state index is -0.965. The molecule has 0 aliphatic carbocycles. The van der Waals surface area contributed by atoms with Crippen molar-refractivity contribution in [1.29, 1.82) is 0 Å². The highest BCUT2D eigenvalue weighted by molar-refractivity contribution is 8.03. The van der Waals surface area contributed by atoms with Gasteiger partial charge in [0.2, 0.25) is 5.70 Å². The largest absolute Gasteiger partial charge is 0.617 e. The third-order valence-corrected chi connectivity index (χ3v) is 6.68. The molecule has 2 aliphatic heterocycles. The van der Waals surface area contributed by atoms with Gasteiger partial charge in [-0.3, -0.25) is 0 Å². The lowest BCUT2D eigenvalue weighted by Gasteiger charge is -2.35. The van der Waals surface area contributed by atoms with E-state index in [1.54, 1.807) is 42.8 Å². The van der Waals surface area contributed by atoms with Gasteiger partial charge in [-0.15, -0.1) is 0 Å². The Morgan fingerprint density at radius 2 is 2.08 bits per heavy atom. The molecule has 8 heteroatoms. The molecule has 2 atom stereocenters. The monoisotopic (exact) mass is 390 g/mol. The molecule has 1 aromatic carbocycles. The Labute approximate surface area is 157 Å². The number of hydroxylamine groups is 3. The van der Waals surface area contributed by atoms with E-state index in [0.717, 1.165) is 5.56 Å². The Balaban J connectivity index is 1.83. The van der Waals surface area contributed by atoms with E-state index in [9.17, 15) is 14.7 Å². The average Bonchev–Trinajstić information content (AvgIpc) is 2.84. The topological polar surface area (TPSA) is 68.5 Å². The lowest BCUT2D eigenvalue weighted by Crippen LogP contribution is -2.39. The molecule has 1 N–H and O–H groups in total. The molecule has 2 aliphatic rings. The first-order valence-corrected chi connectivity index (χ1v) is 9.57. The van der Waals surface area contributed by atoms with Crippen LogP contribution in [-0.2, 0) is 16.6 Å². The maximum Gasteiger partial charge on any atom is 0.381 e. The molecule has 0 saturated heterocycles. The number of benzene rings is 1. The van der Waals surface area contributed by atoms with Crippen molar-refractivity contribution in [3.8, 4) is 0 Å². The first-order valence-electron chi connectivity index (χ1n) is 7.80. The summed E-state index contributed by atoms with van der Waals surface area (Å²) in [7, 11) is -0.909. The van der Waals surface area contributed by atoms with Gasteiger partial charge >= 0.3 is 10.1 Å². The van der Waals surface area contributed by atoms with Crippen LogP contribution in [-0.4, -0.2) is 27.6 Å². The summed E-state index contributed by atoms with van der Waals surface area (Å²) < 4.78 is 13.4. The number of allylic oxidation sites excluding steroid dienone is 1. The molecule has 2 unspecified atom stereocenters. The Morgan fingerprint density at radius 1 is 1.27 bits per heavy atom. The lowest BCUT2D eigenvalue weighted by molar-refractivity contribution is -0.757. The second kappa shape index (κ2) is 6.51. The smallest absolute Gasteiger partial charge is 0.381 e. The number of pyridine rings is 1. The standard InChI is InChI=1S/C18H13ClFN3O2S/c19-15-6-5-12(9-22-15)10-26-16-7-8-21-11-23(16,25)17(18(26)24)13-3-1-2-4-14(13)20/h1-9H,10-11H2/p+1. The fourth-order valence-corrected chi connectivity index (χ4v) is 5.36. The van der Waals surface area contributed by atoms with Crippen molar-refractivity contribution in [1.82, 2.24) is 4.98 Å². The minimum Gasteiger partial charge on any atom is -0.617 e. The van der Waals surface area contributed by atoms with E-state index in [0.29, 0.717) is 15.9 Å². The Hall–Kier alpha value is -2.19. The molecule has 26 heavy (non-hydrogen) atoms. The van der Waals surface area contributed by atoms with E-state index in [4.69, 9.17) is 11.6 Å². The van der Waals surface area contributed by atoms with Gasteiger partial charge in [0.15, 0.2) is 23.3 Å². The maximum atomic E-state index is 14.4. The summed E-state index contributed by atoms with van der Waals surface area (Å²) in [6.45, 7) is -0.123. The number of halogens is 2. The zero-order valence-corrected chi connectivity index (χ0v) is 15.0. The number of hydrogen-bond donors (Lipinski definition) is 1. The van der Waals surface area contributed by atoms with Crippen LogP contribution in [0.15, 0.2) is 63.8 Å². The fraction of sp³-hybridized carbons (Fsp3) is 0.111. The highest BCUT2D eigenvalue weighted by atomic mass is 35.5. The van der Waals surface area contributed by atoms with Crippen LogP contribution in [0.25, 0.3) is 5.70 Å². The second-order valence-electron chi connectivity index (χ2n) is 5.88. The van der Waals surface area contributed by atoms with E-state index in [-0.39, 0.29) is 23.0 Å². The van der Waals surface area contributed by atoms with E-state index >= 15 is 0 Å². The van der Waals surface area contributed by atoms with Gasteiger partial charge in [-0.1, -0.05) is 23.7 Å². The fourth-order valence-electron chi connectivity index (χ4n) is 3.04. The van der Waals surface area contributed by atoms with Crippen LogP contribution in [0.4, 0.5) is 4.39 Å². The number of aromatic nitrogens is 1. The number of quaternary nitrogens is 1. The van der Waals surface area contributed by atoms with Crippen molar-refractivity contribution in [3.63, 3.8) is 0 Å². The highest BCUT2D eigenvalue weighted by Gasteiger charge is 2.58. The summed E-state index contributed by atoms with van der Waals surface area (Å²) >= 11 is 5.82. The van der Waals surface area contributed by atoms with E-state index in [2.05, 4.69) is 9.98 Å². The number of aliphatic hydroxyl groups excluding tert-OH is 1. The average molecular weight is 391 g/mol. The zero-order chi connectivity index (χ0) is 18.3. The highest BCUT2D eigenvalue weighted by Crippen LogP contribution is 2.49. The first kappa shape index (κ1) is 17.2. The molecule has 0 fully saturated rings. The van der Waals surface area contributed by atoms with Crippen molar-refractivity contribution in [2.75, 3.05) is 6.67 Å². The van der Waals surface area contributed by atoms with Gasteiger partial charge in [-0.05, 0) is 24.3 Å². The van der Waals surface area contributed by atoms with Crippen LogP contribution >= 0.6 is 11.6 Å². The second-order valence-corrected chi connectivity index (χ2v) is 8.14. The molecular weight excluding hydrogens is 377 g/mol. The number of aliphatic hydroxyl groups is 1. The number of hydrogen-bond acceptors (Lipinski definition) is 4. The predicted molar refractivity (Wildman–Crippen MR) is 101 cm³/mol. The number of aliphatic imine (C=N–C) groups is 1. The third-order valence-electron chi connectivity index (χ3n) is 4.24. The summed E-state index contributed by atoms with van der Waals surface area (Å²) in [5.41, 5.74) is 0.956. The SMILES string of the molecule is [O-][N+]12CN=CC=C1[S+](Cc1ccc(Cl)nc1)C(O)=C2c1ccccc1F. The normalized spacial score (nSPS) is 24.6. The molecule has 1 aromatic heterocycles. The van der Waals surface area contributed by atoms with Gasteiger partial charge in [0.1, 0.15) is 11.0 Å². The van der Waals surface area contributed by atoms with E-state index in [1.807, 2.05) is 0 Å². The zero-order valence-electron chi connectivity index (χ0n) is 13.5. The van der Waals surface area contributed by atoms with Gasteiger partial charge < -0.3 is 10.3 Å². The van der Waals surface area contributed by atoms with Crippen LogP contribution in [0.1, 0.15) is 11.1 Å². The summed E-state index contributed by atoms with van der Waals surface area (Å²) in [5.74, 6) is -0.162. The van der Waals surface area contributed by atoms with E-state index < -0.39 is 21.4 Å². The first-order chi connectivity index (χ1) is 12.5. The summed E-state index contributed by atoms with van der Waals surface area (Å²) in [6.07, 6.45) is 4.79. The van der Waals surface area contributed by atoms with Crippen LogP contribution in [0.3, 0.4) is 0 Å². The summed E-state index contributed by atoms with van der Waals surface area (Å²) in [4.78, 5) is 8.09. The van der Waals surface area contributed by atoms with Crippen LogP contribution in [0, 0.1) is 11.0 Å². The molecule has 5 nitrogen and oxygen atoms in total. The predicted octanol–water partition coefficient (Wildman–Crippen LogP) is 4.09. The Bertz CT molecular complexity index is 961. The van der Waals surface area contributed by atoms with Gasteiger partial charge in [-0.2, -0.15) is 0 Å². The number of rotatable bonds is 3. The van der Waals surface area contributed by atoms with Gasteiger partial charge in [0.25, 0.3) is 0 Å². The van der Waals surface area contributed by atoms with Crippen LogP contribution in [0.5, 0.6) is 0 Å². The molecule has 0 bridgehead atoms. The molecule has 0 spiro atoms.